The Morgan fingerprint density at radius 2 is 2.22 bits per heavy atom. The molecule has 0 amide bonds. The predicted molar refractivity (Wildman–Crippen MR) is 81.6 cm³/mol. The molecule has 0 bridgehead atoms. The normalized spacial score (nSPS) is 24.7. The van der Waals surface area contributed by atoms with E-state index in [1.165, 1.54) is 13.3 Å². The highest BCUT2D eigenvalue weighted by atomic mass is 19.3. The van der Waals surface area contributed by atoms with E-state index in [4.69, 9.17) is 9.47 Å². The van der Waals surface area contributed by atoms with Gasteiger partial charge >= 0.3 is 5.97 Å². The number of rotatable bonds is 5. The summed E-state index contributed by atoms with van der Waals surface area (Å²) in [5.74, 6) is -4.13. The Morgan fingerprint density at radius 1 is 1.48 bits per heavy atom. The van der Waals surface area contributed by atoms with Gasteiger partial charge in [0.05, 0.1) is 19.6 Å². The summed E-state index contributed by atoms with van der Waals surface area (Å²) in [6.07, 6.45) is 1.79. The Hall–Kier alpha value is -1.72. The fraction of sp³-hybridized carbons (Fsp3) is 0.647. The van der Waals surface area contributed by atoms with E-state index in [-0.39, 0.29) is 30.6 Å². The summed E-state index contributed by atoms with van der Waals surface area (Å²) >= 11 is 0. The summed E-state index contributed by atoms with van der Waals surface area (Å²) in [7, 11) is 1.48. The molecule has 1 saturated carbocycles. The standard InChI is InChI=1S/C17H23F2NO3/c1-4-23-16(21)11(2)12-7-8-17(18,19)14(9-12)13-5-6-15(22-3)20-10-13/h5-6,10-12,14H,4,7-9H2,1-3H3/t11?,12-,14-/m1/s1. The van der Waals surface area contributed by atoms with Crippen LogP contribution in [0.4, 0.5) is 8.78 Å². The van der Waals surface area contributed by atoms with E-state index in [1.807, 2.05) is 0 Å². The van der Waals surface area contributed by atoms with E-state index < -0.39 is 11.8 Å². The third-order valence-electron chi connectivity index (χ3n) is 4.63. The van der Waals surface area contributed by atoms with Gasteiger partial charge in [-0.05, 0) is 31.2 Å². The van der Waals surface area contributed by atoms with Crippen LogP contribution in [0.1, 0.15) is 44.6 Å². The molecule has 0 N–H and O–H groups in total. The van der Waals surface area contributed by atoms with Gasteiger partial charge < -0.3 is 9.47 Å². The lowest BCUT2D eigenvalue weighted by Gasteiger charge is -2.37. The van der Waals surface area contributed by atoms with E-state index in [9.17, 15) is 13.6 Å². The molecule has 1 fully saturated rings. The number of alkyl halides is 2. The van der Waals surface area contributed by atoms with Gasteiger partial charge in [0, 0.05) is 24.6 Å². The van der Waals surface area contributed by atoms with Crippen LogP contribution in [0.5, 0.6) is 5.88 Å². The minimum atomic E-state index is -2.79. The van der Waals surface area contributed by atoms with Crippen LogP contribution in [-0.2, 0) is 9.53 Å². The van der Waals surface area contributed by atoms with Crippen molar-refractivity contribution in [2.24, 2.45) is 11.8 Å². The quantitative estimate of drug-likeness (QED) is 0.772. The first-order chi connectivity index (χ1) is 10.9. The summed E-state index contributed by atoms with van der Waals surface area (Å²) in [5, 5.41) is 0. The highest BCUT2D eigenvalue weighted by Gasteiger charge is 2.47. The molecule has 4 nitrogen and oxygen atoms in total. The number of aromatic nitrogens is 1. The monoisotopic (exact) mass is 327 g/mol. The molecule has 0 saturated heterocycles. The van der Waals surface area contributed by atoms with E-state index in [1.54, 1.807) is 26.0 Å². The van der Waals surface area contributed by atoms with Gasteiger partial charge in [0.1, 0.15) is 0 Å². The Kier molecular flexibility index (Phi) is 5.55. The number of hydrogen-bond acceptors (Lipinski definition) is 4. The van der Waals surface area contributed by atoms with Gasteiger partial charge in [-0.25, -0.2) is 13.8 Å². The van der Waals surface area contributed by atoms with Crippen LogP contribution in [0.25, 0.3) is 0 Å². The lowest BCUT2D eigenvalue weighted by Crippen LogP contribution is -2.37. The zero-order valence-corrected chi connectivity index (χ0v) is 13.7. The molecule has 1 aromatic rings. The molecule has 6 heteroatoms. The second-order valence-electron chi connectivity index (χ2n) is 6.02. The molecule has 0 spiro atoms. The van der Waals surface area contributed by atoms with Crippen molar-refractivity contribution in [2.45, 2.75) is 45.0 Å². The van der Waals surface area contributed by atoms with Gasteiger partial charge in [0.15, 0.2) is 0 Å². The first-order valence-corrected chi connectivity index (χ1v) is 7.93. The second kappa shape index (κ2) is 7.23. The second-order valence-corrected chi connectivity index (χ2v) is 6.02. The third kappa shape index (κ3) is 3.98. The number of carbonyl (C=O) groups excluding carboxylic acids is 1. The molecule has 0 radical (unpaired) electrons. The molecule has 1 heterocycles. The van der Waals surface area contributed by atoms with Gasteiger partial charge in [-0.2, -0.15) is 0 Å². The average Bonchev–Trinajstić information content (AvgIpc) is 2.54. The number of hydrogen-bond donors (Lipinski definition) is 0. The van der Waals surface area contributed by atoms with Gasteiger partial charge in [-0.3, -0.25) is 4.79 Å². The van der Waals surface area contributed by atoms with Gasteiger partial charge in [-0.1, -0.05) is 13.0 Å². The van der Waals surface area contributed by atoms with Gasteiger partial charge in [-0.15, -0.1) is 0 Å². The number of methoxy groups -OCH3 is 1. The lowest BCUT2D eigenvalue weighted by molar-refractivity contribution is -0.151. The molecular weight excluding hydrogens is 304 g/mol. The zero-order valence-electron chi connectivity index (χ0n) is 13.7. The molecular formula is C17H23F2NO3. The van der Waals surface area contributed by atoms with Crippen molar-refractivity contribution in [3.8, 4) is 5.88 Å². The number of carbonyl (C=O) groups is 1. The van der Waals surface area contributed by atoms with Crippen molar-refractivity contribution in [2.75, 3.05) is 13.7 Å². The summed E-state index contributed by atoms with van der Waals surface area (Å²) < 4.78 is 38.7. The van der Waals surface area contributed by atoms with Crippen LogP contribution in [-0.4, -0.2) is 30.6 Å². The topological polar surface area (TPSA) is 48.4 Å². The molecule has 1 aliphatic carbocycles. The lowest BCUT2D eigenvalue weighted by atomic mass is 9.71. The van der Waals surface area contributed by atoms with E-state index in [0.29, 0.717) is 24.5 Å². The smallest absolute Gasteiger partial charge is 0.308 e. The summed E-state index contributed by atoms with van der Waals surface area (Å²) in [4.78, 5) is 15.9. The number of ether oxygens (including phenoxy) is 2. The summed E-state index contributed by atoms with van der Waals surface area (Å²) in [6.45, 7) is 3.80. The molecule has 0 aromatic carbocycles. The van der Waals surface area contributed by atoms with Crippen molar-refractivity contribution in [1.82, 2.24) is 4.98 Å². The van der Waals surface area contributed by atoms with Crippen molar-refractivity contribution in [3.05, 3.63) is 23.9 Å². The number of halogens is 2. The molecule has 2 rings (SSSR count). The maximum Gasteiger partial charge on any atom is 0.308 e. The average molecular weight is 327 g/mol. The van der Waals surface area contributed by atoms with Crippen molar-refractivity contribution >= 4 is 5.97 Å². The Labute approximate surface area is 135 Å². The van der Waals surface area contributed by atoms with Crippen LogP contribution in [0.2, 0.25) is 0 Å². The molecule has 1 unspecified atom stereocenters. The van der Waals surface area contributed by atoms with Crippen molar-refractivity contribution in [3.63, 3.8) is 0 Å². The molecule has 3 atom stereocenters. The van der Waals surface area contributed by atoms with E-state index in [0.717, 1.165) is 0 Å². The van der Waals surface area contributed by atoms with Gasteiger partial charge in [0.25, 0.3) is 5.92 Å². The van der Waals surface area contributed by atoms with Crippen LogP contribution < -0.4 is 4.74 Å². The van der Waals surface area contributed by atoms with Crippen molar-refractivity contribution in [1.29, 1.82) is 0 Å². The molecule has 1 aromatic heterocycles. The summed E-state index contributed by atoms with van der Waals surface area (Å²) in [6, 6.07) is 3.21. The highest BCUT2D eigenvalue weighted by Crippen LogP contribution is 2.48. The SMILES string of the molecule is CCOC(=O)C(C)[C@@H]1CCC(F)(F)[C@@H](c2ccc(OC)nc2)C1. The van der Waals surface area contributed by atoms with E-state index in [2.05, 4.69) is 4.98 Å². The fourth-order valence-electron chi connectivity index (χ4n) is 3.16. The Balaban J connectivity index is 2.16. The Bertz CT molecular complexity index is 533. The zero-order chi connectivity index (χ0) is 17.0. The minimum absolute atomic E-state index is 0.110. The van der Waals surface area contributed by atoms with E-state index >= 15 is 0 Å². The maximum atomic E-state index is 14.3. The number of nitrogens with zero attached hydrogens (tertiary/aromatic N) is 1. The van der Waals surface area contributed by atoms with Crippen LogP contribution in [0, 0.1) is 11.8 Å². The van der Waals surface area contributed by atoms with Crippen molar-refractivity contribution < 1.29 is 23.0 Å². The summed E-state index contributed by atoms with van der Waals surface area (Å²) in [5.41, 5.74) is 0.483. The fourth-order valence-corrected chi connectivity index (χ4v) is 3.16. The Morgan fingerprint density at radius 3 is 2.78 bits per heavy atom. The van der Waals surface area contributed by atoms with Gasteiger partial charge in [0.2, 0.25) is 5.88 Å². The third-order valence-corrected chi connectivity index (χ3v) is 4.63. The maximum absolute atomic E-state index is 14.3. The molecule has 1 aliphatic rings. The minimum Gasteiger partial charge on any atom is -0.481 e. The van der Waals surface area contributed by atoms with Crippen LogP contribution >= 0.6 is 0 Å². The number of esters is 1. The van der Waals surface area contributed by atoms with Crippen LogP contribution in [0.3, 0.4) is 0 Å². The molecule has 23 heavy (non-hydrogen) atoms. The molecule has 0 aliphatic heterocycles. The first-order valence-electron chi connectivity index (χ1n) is 7.93. The highest BCUT2D eigenvalue weighted by molar-refractivity contribution is 5.72. The molecule has 128 valence electrons. The van der Waals surface area contributed by atoms with Crippen LogP contribution in [0.15, 0.2) is 18.3 Å². The first kappa shape index (κ1) is 17.6. The number of pyridine rings is 1. The largest absolute Gasteiger partial charge is 0.481 e. The predicted octanol–water partition coefficient (Wildman–Crippen LogP) is 3.81.